The van der Waals surface area contributed by atoms with E-state index in [0.717, 1.165) is 34.0 Å². The number of aryl methyl sites for hydroxylation is 1. The van der Waals surface area contributed by atoms with E-state index < -0.39 is 0 Å². The summed E-state index contributed by atoms with van der Waals surface area (Å²) in [4.78, 5) is 20.9. The summed E-state index contributed by atoms with van der Waals surface area (Å²) in [5, 5.41) is 0.721. The quantitative estimate of drug-likeness (QED) is 0.678. The Morgan fingerprint density at radius 2 is 2.22 bits per heavy atom. The average Bonchev–Trinajstić information content (AvgIpc) is 2.82. The molecule has 0 aliphatic heterocycles. The van der Waals surface area contributed by atoms with Crippen LogP contribution < -0.4 is 0 Å². The highest BCUT2D eigenvalue weighted by molar-refractivity contribution is 7.14. The Labute approximate surface area is 109 Å². The van der Waals surface area contributed by atoms with Gasteiger partial charge in [0.1, 0.15) is 0 Å². The van der Waals surface area contributed by atoms with Crippen molar-refractivity contribution >= 4 is 17.1 Å². The minimum Gasteiger partial charge on any atom is -0.293 e. The number of hydrogen-bond donors (Lipinski definition) is 0. The first-order valence-electron chi connectivity index (χ1n) is 5.78. The van der Waals surface area contributed by atoms with Crippen LogP contribution in [0.4, 0.5) is 0 Å². The molecule has 0 aromatic carbocycles. The Morgan fingerprint density at radius 3 is 3.00 bits per heavy atom. The fraction of sp³-hybridized carbons (Fsp3) is 0.214. The van der Waals surface area contributed by atoms with Gasteiger partial charge in [-0.15, -0.1) is 11.3 Å². The van der Waals surface area contributed by atoms with Crippen molar-refractivity contribution in [2.45, 2.75) is 19.3 Å². The van der Waals surface area contributed by atoms with Gasteiger partial charge >= 0.3 is 0 Å². The van der Waals surface area contributed by atoms with Crippen LogP contribution in [0.2, 0.25) is 0 Å². The number of carbonyl (C=O) groups excluding carboxylic acids is 1. The molecule has 18 heavy (non-hydrogen) atoms. The largest absolute Gasteiger partial charge is 0.293 e. The standard InChI is InChI=1S/C14H10N2OS/c17-12-5-1-4-11-14(12)18-13(16-11)7-6-10-3-2-8-15-9-10/h2-3,8-9H,1,4-5H2. The smallest absolute Gasteiger partial charge is 0.174 e. The lowest BCUT2D eigenvalue weighted by atomic mass is 10.0. The second kappa shape index (κ2) is 4.71. The molecular weight excluding hydrogens is 244 g/mol. The lowest BCUT2D eigenvalue weighted by Gasteiger charge is -2.05. The molecule has 0 fully saturated rings. The van der Waals surface area contributed by atoms with Crippen molar-refractivity contribution in [3.63, 3.8) is 0 Å². The lowest BCUT2D eigenvalue weighted by molar-refractivity contribution is 0.0976. The van der Waals surface area contributed by atoms with Gasteiger partial charge in [0.2, 0.25) is 0 Å². The van der Waals surface area contributed by atoms with Crippen LogP contribution in [0.5, 0.6) is 0 Å². The molecule has 2 aromatic rings. The molecule has 0 unspecified atom stereocenters. The Kier molecular flexibility index (Phi) is 2.91. The first-order valence-corrected chi connectivity index (χ1v) is 6.59. The maximum absolute atomic E-state index is 11.7. The summed E-state index contributed by atoms with van der Waals surface area (Å²) in [7, 11) is 0. The SMILES string of the molecule is O=C1CCCc2nc(C#Cc3cccnc3)sc21. The number of thiazole rings is 1. The van der Waals surface area contributed by atoms with Crippen molar-refractivity contribution in [1.29, 1.82) is 0 Å². The molecule has 0 saturated heterocycles. The Morgan fingerprint density at radius 1 is 1.28 bits per heavy atom. The molecule has 4 heteroatoms. The third kappa shape index (κ3) is 2.18. The molecule has 0 amide bonds. The highest BCUT2D eigenvalue weighted by Gasteiger charge is 2.21. The zero-order valence-corrected chi connectivity index (χ0v) is 10.5. The number of nitrogens with zero attached hydrogens (tertiary/aromatic N) is 2. The van der Waals surface area contributed by atoms with Gasteiger partial charge < -0.3 is 0 Å². The number of ketones is 1. The molecule has 2 heterocycles. The van der Waals surface area contributed by atoms with E-state index >= 15 is 0 Å². The third-order valence-electron chi connectivity index (χ3n) is 2.74. The van der Waals surface area contributed by atoms with Gasteiger partial charge in [-0.3, -0.25) is 9.78 Å². The Balaban J connectivity index is 1.91. The number of carbonyl (C=O) groups is 1. The van der Waals surface area contributed by atoms with Gasteiger partial charge in [0.25, 0.3) is 0 Å². The summed E-state index contributed by atoms with van der Waals surface area (Å²) in [5.74, 6) is 6.22. The number of Topliss-reactive ketones (excluding diaryl/α,β-unsaturated/α-hetero) is 1. The van der Waals surface area contributed by atoms with Crippen molar-refractivity contribution in [1.82, 2.24) is 9.97 Å². The summed E-state index contributed by atoms with van der Waals surface area (Å²) in [5.41, 5.74) is 1.78. The second-order valence-electron chi connectivity index (χ2n) is 4.06. The minimum absolute atomic E-state index is 0.211. The lowest BCUT2D eigenvalue weighted by Crippen LogP contribution is -2.07. The molecule has 0 saturated carbocycles. The van der Waals surface area contributed by atoms with Gasteiger partial charge in [-0.05, 0) is 30.9 Å². The van der Waals surface area contributed by atoms with Gasteiger partial charge in [-0.1, -0.05) is 5.92 Å². The maximum atomic E-state index is 11.7. The molecule has 0 radical (unpaired) electrons. The minimum atomic E-state index is 0.211. The normalized spacial score (nSPS) is 13.7. The molecule has 1 aliphatic rings. The second-order valence-corrected chi connectivity index (χ2v) is 5.06. The van der Waals surface area contributed by atoms with Crippen molar-refractivity contribution in [3.8, 4) is 11.8 Å². The first kappa shape index (κ1) is 11.1. The number of hydrogen-bond acceptors (Lipinski definition) is 4. The van der Waals surface area contributed by atoms with E-state index in [2.05, 4.69) is 21.8 Å². The van der Waals surface area contributed by atoms with Crippen LogP contribution in [0.15, 0.2) is 24.5 Å². The van der Waals surface area contributed by atoms with Crippen molar-refractivity contribution in [2.75, 3.05) is 0 Å². The van der Waals surface area contributed by atoms with Crippen LogP contribution in [0.3, 0.4) is 0 Å². The Bertz CT molecular complexity index is 649. The fourth-order valence-corrected chi connectivity index (χ4v) is 2.82. The van der Waals surface area contributed by atoms with E-state index in [0.29, 0.717) is 6.42 Å². The topological polar surface area (TPSA) is 42.9 Å². The third-order valence-corrected chi connectivity index (χ3v) is 3.80. The molecule has 0 atom stereocenters. The molecule has 1 aliphatic carbocycles. The predicted octanol–water partition coefficient (Wildman–Crippen LogP) is 2.46. The molecule has 88 valence electrons. The molecule has 2 aromatic heterocycles. The van der Waals surface area contributed by atoms with Gasteiger partial charge in [-0.2, -0.15) is 0 Å². The van der Waals surface area contributed by atoms with Gasteiger partial charge in [-0.25, -0.2) is 4.98 Å². The van der Waals surface area contributed by atoms with Gasteiger partial charge in [0, 0.05) is 24.4 Å². The zero-order chi connectivity index (χ0) is 12.4. The summed E-state index contributed by atoms with van der Waals surface area (Å²) >= 11 is 1.41. The van der Waals surface area contributed by atoms with E-state index in [1.807, 2.05) is 12.1 Å². The monoisotopic (exact) mass is 254 g/mol. The molecule has 3 rings (SSSR count). The molecule has 0 spiro atoms. The van der Waals surface area contributed by atoms with E-state index in [1.54, 1.807) is 12.4 Å². The zero-order valence-electron chi connectivity index (χ0n) is 9.64. The average molecular weight is 254 g/mol. The van der Waals surface area contributed by atoms with E-state index in [-0.39, 0.29) is 5.78 Å². The van der Waals surface area contributed by atoms with Crippen LogP contribution in [-0.2, 0) is 6.42 Å². The summed E-state index contributed by atoms with van der Waals surface area (Å²) < 4.78 is 0. The van der Waals surface area contributed by atoms with Crippen LogP contribution in [0.25, 0.3) is 0 Å². The first-order chi connectivity index (χ1) is 8.83. The van der Waals surface area contributed by atoms with Crippen LogP contribution in [0, 0.1) is 11.8 Å². The number of fused-ring (bicyclic) bond motifs is 1. The molecule has 0 N–H and O–H groups in total. The van der Waals surface area contributed by atoms with Crippen molar-refractivity contribution < 1.29 is 4.79 Å². The maximum Gasteiger partial charge on any atom is 0.174 e. The number of aromatic nitrogens is 2. The summed E-state index contributed by atoms with van der Waals surface area (Å²) in [6, 6.07) is 3.75. The van der Waals surface area contributed by atoms with Crippen molar-refractivity contribution in [2.24, 2.45) is 0 Å². The molecular formula is C14H10N2OS. The van der Waals surface area contributed by atoms with Gasteiger partial charge in [0.05, 0.1) is 10.6 Å². The highest BCUT2D eigenvalue weighted by atomic mass is 32.1. The predicted molar refractivity (Wildman–Crippen MR) is 69.6 cm³/mol. The van der Waals surface area contributed by atoms with E-state index in [9.17, 15) is 4.79 Å². The van der Waals surface area contributed by atoms with Crippen LogP contribution in [-0.4, -0.2) is 15.8 Å². The summed E-state index contributed by atoms with van der Waals surface area (Å²) in [6.45, 7) is 0. The van der Waals surface area contributed by atoms with Crippen LogP contribution in [0.1, 0.15) is 38.8 Å². The van der Waals surface area contributed by atoms with Crippen molar-refractivity contribution in [3.05, 3.63) is 45.7 Å². The fourth-order valence-electron chi connectivity index (χ4n) is 1.88. The number of pyridine rings is 1. The Hall–Kier alpha value is -1.99. The number of rotatable bonds is 0. The van der Waals surface area contributed by atoms with Crippen LogP contribution >= 0.6 is 11.3 Å². The highest BCUT2D eigenvalue weighted by Crippen LogP contribution is 2.26. The molecule has 0 bridgehead atoms. The van der Waals surface area contributed by atoms with Gasteiger partial charge in [0.15, 0.2) is 10.8 Å². The summed E-state index contributed by atoms with van der Waals surface area (Å²) in [6.07, 6.45) is 5.87. The molecule has 3 nitrogen and oxygen atoms in total. The van der Waals surface area contributed by atoms with E-state index in [1.165, 1.54) is 11.3 Å². The van der Waals surface area contributed by atoms with E-state index in [4.69, 9.17) is 0 Å².